The quantitative estimate of drug-likeness (QED) is 0.845. The zero-order chi connectivity index (χ0) is 13.2. The zero-order valence-corrected chi connectivity index (χ0v) is 10.5. The van der Waals surface area contributed by atoms with Crippen LogP contribution in [0.4, 0.5) is 5.69 Å². The van der Waals surface area contributed by atoms with Crippen LogP contribution >= 0.6 is 0 Å². The van der Waals surface area contributed by atoms with Gasteiger partial charge in [-0.05, 0) is 12.8 Å². The number of hydrogen-bond acceptors (Lipinski definition) is 4. The number of carbonyl (C=O) groups is 2. The lowest BCUT2D eigenvalue weighted by atomic mass is 9.89. The number of rotatable bonds is 3. The van der Waals surface area contributed by atoms with E-state index in [-0.39, 0.29) is 18.4 Å². The predicted molar refractivity (Wildman–Crippen MR) is 65.8 cm³/mol. The standard InChI is InChI=1S/C12H16N4O2/c1-3-12(4-2)11(18)16(7-10(17)15-12)9-5-13-8-14-6-9/h5-6,8H,3-4,7H2,1-2H3,(H,15,17). The molecule has 1 saturated heterocycles. The van der Waals surface area contributed by atoms with Crippen LogP contribution in [0.2, 0.25) is 0 Å². The number of hydrogen-bond donors (Lipinski definition) is 1. The van der Waals surface area contributed by atoms with Crippen LogP contribution in [0.5, 0.6) is 0 Å². The molecule has 0 spiro atoms. The number of nitrogens with one attached hydrogen (secondary N) is 1. The van der Waals surface area contributed by atoms with Crippen molar-refractivity contribution in [2.45, 2.75) is 32.2 Å². The molecule has 2 rings (SSSR count). The van der Waals surface area contributed by atoms with Gasteiger partial charge in [0, 0.05) is 0 Å². The van der Waals surface area contributed by atoms with Gasteiger partial charge in [-0.2, -0.15) is 0 Å². The van der Waals surface area contributed by atoms with Crippen LogP contribution in [0, 0.1) is 0 Å². The summed E-state index contributed by atoms with van der Waals surface area (Å²) in [4.78, 5) is 33.5. The molecule has 0 radical (unpaired) electrons. The minimum Gasteiger partial charge on any atom is -0.340 e. The van der Waals surface area contributed by atoms with E-state index in [9.17, 15) is 9.59 Å². The average molecular weight is 248 g/mol. The summed E-state index contributed by atoms with van der Waals surface area (Å²) in [6, 6.07) is 0. The molecule has 1 N–H and O–H groups in total. The lowest BCUT2D eigenvalue weighted by Gasteiger charge is -2.40. The van der Waals surface area contributed by atoms with Gasteiger partial charge in [-0.3, -0.25) is 14.5 Å². The first kappa shape index (κ1) is 12.5. The molecule has 1 aromatic heterocycles. The Morgan fingerprint density at radius 3 is 2.44 bits per heavy atom. The number of anilines is 1. The van der Waals surface area contributed by atoms with Crippen molar-refractivity contribution in [1.82, 2.24) is 15.3 Å². The second-order valence-electron chi connectivity index (χ2n) is 4.33. The fraction of sp³-hybridized carbons (Fsp3) is 0.500. The van der Waals surface area contributed by atoms with Crippen molar-refractivity contribution in [1.29, 1.82) is 0 Å². The Kier molecular flexibility index (Phi) is 3.27. The Morgan fingerprint density at radius 1 is 1.28 bits per heavy atom. The van der Waals surface area contributed by atoms with Crippen LogP contribution in [0.1, 0.15) is 26.7 Å². The van der Waals surface area contributed by atoms with Crippen molar-refractivity contribution in [3.05, 3.63) is 18.7 Å². The Hall–Kier alpha value is -1.98. The van der Waals surface area contributed by atoms with Crippen molar-refractivity contribution in [2.24, 2.45) is 0 Å². The van der Waals surface area contributed by atoms with Crippen LogP contribution in [-0.2, 0) is 9.59 Å². The largest absolute Gasteiger partial charge is 0.340 e. The third-order valence-corrected chi connectivity index (χ3v) is 3.40. The maximum Gasteiger partial charge on any atom is 0.253 e. The van der Waals surface area contributed by atoms with Crippen molar-refractivity contribution in [3.63, 3.8) is 0 Å². The second-order valence-corrected chi connectivity index (χ2v) is 4.33. The SMILES string of the molecule is CCC1(CC)NC(=O)CN(c2cncnc2)C1=O. The fourth-order valence-corrected chi connectivity index (χ4v) is 2.20. The molecule has 1 aliphatic heterocycles. The molecule has 18 heavy (non-hydrogen) atoms. The van der Waals surface area contributed by atoms with E-state index in [1.54, 1.807) is 12.4 Å². The molecular formula is C12H16N4O2. The lowest BCUT2D eigenvalue weighted by molar-refractivity contribution is -0.136. The molecule has 0 bridgehead atoms. The first-order valence-corrected chi connectivity index (χ1v) is 6.01. The summed E-state index contributed by atoms with van der Waals surface area (Å²) >= 11 is 0. The molecule has 2 amide bonds. The molecule has 6 heteroatoms. The Morgan fingerprint density at radius 2 is 1.89 bits per heavy atom. The normalized spacial score (nSPS) is 18.7. The molecule has 0 unspecified atom stereocenters. The van der Waals surface area contributed by atoms with Gasteiger partial charge in [0.1, 0.15) is 18.4 Å². The zero-order valence-electron chi connectivity index (χ0n) is 10.5. The van der Waals surface area contributed by atoms with Gasteiger partial charge in [-0.25, -0.2) is 9.97 Å². The van der Waals surface area contributed by atoms with Gasteiger partial charge in [-0.1, -0.05) is 13.8 Å². The van der Waals surface area contributed by atoms with Crippen molar-refractivity contribution < 1.29 is 9.59 Å². The van der Waals surface area contributed by atoms with Crippen LogP contribution < -0.4 is 10.2 Å². The summed E-state index contributed by atoms with van der Waals surface area (Å²) < 4.78 is 0. The summed E-state index contributed by atoms with van der Waals surface area (Å²) in [5.74, 6) is -0.246. The first-order valence-electron chi connectivity index (χ1n) is 6.01. The topological polar surface area (TPSA) is 75.2 Å². The highest BCUT2D eigenvalue weighted by Crippen LogP contribution is 2.25. The summed E-state index contributed by atoms with van der Waals surface area (Å²) in [6.45, 7) is 3.81. The molecule has 1 fully saturated rings. The van der Waals surface area contributed by atoms with E-state index in [1.165, 1.54) is 11.2 Å². The van der Waals surface area contributed by atoms with Crippen LogP contribution in [0.3, 0.4) is 0 Å². The minimum absolute atomic E-state index is 0.0218. The number of aromatic nitrogens is 2. The summed E-state index contributed by atoms with van der Waals surface area (Å²) in [7, 11) is 0. The highest BCUT2D eigenvalue weighted by molar-refractivity contribution is 6.08. The van der Waals surface area contributed by atoms with E-state index in [0.29, 0.717) is 18.5 Å². The average Bonchev–Trinajstić information content (AvgIpc) is 2.42. The van der Waals surface area contributed by atoms with Gasteiger partial charge in [0.15, 0.2) is 0 Å². The van der Waals surface area contributed by atoms with E-state index in [0.717, 1.165) is 0 Å². The molecule has 0 aromatic carbocycles. The number of amides is 2. The van der Waals surface area contributed by atoms with E-state index in [4.69, 9.17) is 0 Å². The molecule has 1 aliphatic rings. The van der Waals surface area contributed by atoms with E-state index in [2.05, 4.69) is 15.3 Å². The number of carbonyl (C=O) groups excluding carboxylic acids is 2. The van der Waals surface area contributed by atoms with Gasteiger partial charge in [0.05, 0.1) is 18.1 Å². The molecule has 6 nitrogen and oxygen atoms in total. The third-order valence-electron chi connectivity index (χ3n) is 3.40. The number of nitrogens with zero attached hydrogens (tertiary/aromatic N) is 3. The minimum atomic E-state index is -0.800. The maximum absolute atomic E-state index is 12.5. The summed E-state index contributed by atoms with van der Waals surface area (Å²) in [5, 5.41) is 2.81. The summed E-state index contributed by atoms with van der Waals surface area (Å²) in [5.41, 5.74) is -0.242. The highest BCUT2D eigenvalue weighted by Gasteiger charge is 2.44. The highest BCUT2D eigenvalue weighted by atomic mass is 16.2. The Balaban J connectivity index is 2.37. The Bertz CT molecular complexity index is 456. The second kappa shape index (κ2) is 4.72. The van der Waals surface area contributed by atoms with Crippen molar-refractivity contribution >= 4 is 17.5 Å². The molecule has 96 valence electrons. The Labute approximate surface area is 105 Å². The third kappa shape index (κ3) is 1.94. The van der Waals surface area contributed by atoms with Gasteiger partial charge >= 0.3 is 0 Å². The van der Waals surface area contributed by atoms with Crippen LogP contribution in [-0.4, -0.2) is 33.9 Å². The van der Waals surface area contributed by atoms with Gasteiger partial charge < -0.3 is 5.32 Å². The van der Waals surface area contributed by atoms with Gasteiger partial charge in [0.2, 0.25) is 5.91 Å². The van der Waals surface area contributed by atoms with E-state index < -0.39 is 5.54 Å². The molecular weight excluding hydrogens is 232 g/mol. The summed E-state index contributed by atoms with van der Waals surface area (Å²) in [6.07, 6.45) is 5.61. The molecule has 0 aliphatic carbocycles. The number of piperazine rings is 1. The molecule has 1 aromatic rings. The fourth-order valence-electron chi connectivity index (χ4n) is 2.20. The van der Waals surface area contributed by atoms with E-state index >= 15 is 0 Å². The van der Waals surface area contributed by atoms with Crippen LogP contribution in [0.15, 0.2) is 18.7 Å². The first-order chi connectivity index (χ1) is 8.63. The molecule has 2 heterocycles. The smallest absolute Gasteiger partial charge is 0.253 e. The van der Waals surface area contributed by atoms with Gasteiger partial charge in [-0.15, -0.1) is 0 Å². The van der Waals surface area contributed by atoms with Crippen molar-refractivity contribution in [3.8, 4) is 0 Å². The molecule has 0 saturated carbocycles. The monoisotopic (exact) mass is 248 g/mol. The van der Waals surface area contributed by atoms with Crippen LogP contribution in [0.25, 0.3) is 0 Å². The van der Waals surface area contributed by atoms with Crippen molar-refractivity contribution in [2.75, 3.05) is 11.4 Å². The predicted octanol–water partition coefficient (Wildman–Crippen LogP) is 0.498. The maximum atomic E-state index is 12.5. The lowest BCUT2D eigenvalue weighted by Crippen LogP contribution is -2.66. The molecule has 0 atom stereocenters. The van der Waals surface area contributed by atoms with Gasteiger partial charge in [0.25, 0.3) is 5.91 Å². The van der Waals surface area contributed by atoms with E-state index in [1.807, 2.05) is 13.8 Å².